The number of carbonyl (C=O) groups excluding carboxylic acids is 1. The second-order valence-electron chi connectivity index (χ2n) is 2.95. The van der Waals surface area contributed by atoms with E-state index in [0.29, 0.717) is 0 Å². The van der Waals surface area contributed by atoms with Crippen LogP contribution >= 0.6 is 22.6 Å². The summed E-state index contributed by atoms with van der Waals surface area (Å²) in [4.78, 5) is 10.8. The molecule has 0 aromatic heterocycles. The molecule has 0 saturated heterocycles. The molecule has 0 atom stereocenters. The van der Waals surface area contributed by atoms with E-state index in [2.05, 4.69) is 28.7 Å². The maximum atomic E-state index is 10.8. The highest BCUT2D eigenvalue weighted by Gasteiger charge is 1.96. The molecule has 0 bridgehead atoms. The molecule has 0 heterocycles. The van der Waals surface area contributed by atoms with Crippen molar-refractivity contribution >= 4 is 33.9 Å². The van der Waals surface area contributed by atoms with Gasteiger partial charge in [0.05, 0.1) is 0 Å². The van der Waals surface area contributed by atoms with E-state index < -0.39 is 0 Å². The van der Waals surface area contributed by atoms with Crippen molar-refractivity contribution in [2.45, 2.75) is 13.8 Å². The first-order valence-corrected chi connectivity index (χ1v) is 5.12. The van der Waals surface area contributed by atoms with Crippen molar-refractivity contribution in [1.82, 2.24) is 0 Å². The molecule has 0 spiro atoms. The van der Waals surface area contributed by atoms with Crippen LogP contribution in [-0.4, -0.2) is 5.78 Å². The van der Waals surface area contributed by atoms with Gasteiger partial charge in [-0.05, 0) is 65.8 Å². The van der Waals surface area contributed by atoms with Crippen LogP contribution in [0.15, 0.2) is 30.3 Å². The van der Waals surface area contributed by atoms with Gasteiger partial charge in [-0.15, -0.1) is 0 Å². The fourth-order valence-electron chi connectivity index (χ4n) is 1.12. The maximum absolute atomic E-state index is 10.8. The molecule has 0 unspecified atom stereocenters. The number of halogens is 1. The summed E-state index contributed by atoms with van der Waals surface area (Å²) in [6.45, 7) is 3.52. The molecule has 0 aliphatic heterocycles. The second-order valence-corrected chi connectivity index (χ2v) is 4.19. The fraction of sp³-hybridized carbons (Fsp3) is 0.182. The molecular formula is C11H11IO. The van der Waals surface area contributed by atoms with Crippen LogP contribution in [0.2, 0.25) is 0 Å². The highest BCUT2D eigenvalue weighted by Crippen LogP contribution is 2.16. The van der Waals surface area contributed by atoms with Gasteiger partial charge >= 0.3 is 0 Å². The molecule has 0 N–H and O–H groups in total. The SMILES string of the molecule is CC(=O)/C=C(\C)c1cccc(I)c1. The Balaban J connectivity index is 3.02. The van der Waals surface area contributed by atoms with Crippen molar-refractivity contribution in [2.75, 3.05) is 0 Å². The summed E-state index contributed by atoms with van der Waals surface area (Å²) in [6, 6.07) is 8.10. The number of carbonyl (C=O) groups is 1. The Hall–Kier alpha value is -0.640. The van der Waals surface area contributed by atoms with Gasteiger partial charge in [-0.1, -0.05) is 12.1 Å². The van der Waals surface area contributed by atoms with Crippen LogP contribution < -0.4 is 0 Å². The summed E-state index contributed by atoms with van der Waals surface area (Å²) in [5.41, 5.74) is 2.13. The molecule has 2 heteroatoms. The molecule has 1 nitrogen and oxygen atoms in total. The average Bonchev–Trinajstić information content (AvgIpc) is 2.03. The minimum atomic E-state index is 0.0939. The topological polar surface area (TPSA) is 17.1 Å². The number of hydrogen-bond donors (Lipinski definition) is 0. The van der Waals surface area contributed by atoms with E-state index in [0.717, 1.165) is 11.1 Å². The minimum Gasteiger partial charge on any atom is -0.295 e. The van der Waals surface area contributed by atoms with Gasteiger partial charge in [0.2, 0.25) is 0 Å². The number of ketones is 1. The normalized spacial score (nSPS) is 11.5. The van der Waals surface area contributed by atoms with Crippen LogP contribution in [0.25, 0.3) is 5.57 Å². The highest BCUT2D eigenvalue weighted by atomic mass is 127. The molecule has 0 aliphatic carbocycles. The summed E-state index contributed by atoms with van der Waals surface area (Å²) in [5, 5.41) is 0. The second kappa shape index (κ2) is 4.56. The van der Waals surface area contributed by atoms with Crippen LogP contribution in [0.1, 0.15) is 19.4 Å². The number of benzene rings is 1. The van der Waals surface area contributed by atoms with Crippen molar-refractivity contribution in [1.29, 1.82) is 0 Å². The molecular weight excluding hydrogens is 275 g/mol. The maximum Gasteiger partial charge on any atom is 0.152 e. The lowest BCUT2D eigenvalue weighted by Crippen LogP contribution is -1.86. The lowest BCUT2D eigenvalue weighted by Gasteiger charge is -2.00. The van der Waals surface area contributed by atoms with E-state index >= 15 is 0 Å². The largest absolute Gasteiger partial charge is 0.295 e. The summed E-state index contributed by atoms with van der Waals surface area (Å²) in [7, 11) is 0. The standard InChI is InChI=1S/C11H11IO/c1-8(6-9(2)13)10-4-3-5-11(12)7-10/h3-7H,1-2H3/b8-6+. The third-order valence-electron chi connectivity index (χ3n) is 1.70. The Morgan fingerprint density at radius 2 is 2.08 bits per heavy atom. The Labute approximate surface area is 92.0 Å². The molecule has 0 saturated carbocycles. The van der Waals surface area contributed by atoms with E-state index in [1.807, 2.05) is 25.1 Å². The van der Waals surface area contributed by atoms with Crippen LogP contribution in [-0.2, 0) is 4.79 Å². The van der Waals surface area contributed by atoms with E-state index in [9.17, 15) is 4.79 Å². The Bertz CT molecular complexity index is 353. The third-order valence-corrected chi connectivity index (χ3v) is 2.37. The zero-order valence-electron chi connectivity index (χ0n) is 7.67. The molecule has 0 aliphatic rings. The van der Waals surface area contributed by atoms with Gasteiger partial charge in [0.15, 0.2) is 5.78 Å². The number of rotatable bonds is 2. The van der Waals surface area contributed by atoms with Gasteiger partial charge in [-0.2, -0.15) is 0 Å². The van der Waals surface area contributed by atoms with Gasteiger partial charge in [-0.25, -0.2) is 0 Å². The van der Waals surface area contributed by atoms with Gasteiger partial charge in [0.25, 0.3) is 0 Å². The third kappa shape index (κ3) is 3.30. The smallest absolute Gasteiger partial charge is 0.152 e. The summed E-state index contributed by atoms with van der Waals surface area (Å²) < 4.78 is 1.19. The summed E-state index contributed by atoms with van der Waals surface area (Å²) >= 11 is 2.26. The fourth-order valence-corrected chi connectivity index (χ4v) is 1.67. The first kappa shape index (κ1) is 10.4. The summed E-state index contributed by atoms with van der Waals surface area (Å²) in [5.74, 6) is 0.0939. The molecule has 1 rings (SSSR count). The van der Waals surface area contributed by atoms with E-state index in [-0.39, 0.29) is 5.78 Å². The highest BCUT2D eigenvalue weighted by molar-refractivity contribution is 14.1. The van der Waals surface area contributed by atoms with Crippen LogP contribution in [0.3, 0.4) is 0 Å². The molecule has 0 amide bonds. The first-order valence-electron chi connectivity index (χ1n) is 4.04. The van der Waals surface area contributed by atoms with E-state index in [4.69, 9.17) is 0 Å². The van der Waals surface area contributed by atoms with Crippen molar-refractivity contribution in [2.24, 2.45) is 0 Å². The van der Waals surface area contributed by atoms with E-state index in [1.165, 1.54) is 3.57 Å². The van der Waals surface area contributed by atoms with Gasteiger partial charge < -0.3 is 0 Å². The molecule has 68 valence electrons. The van der Waals surface area contributed by atoms with Crippen LogP contribution in [0, 0.1) is 3.57 Å². The quantitative estimate of drug-likeness (QED) is 0.602. The van der Waals surface area contributed by atoms with Crippen molar-refractivity contribution in [3.8, 4) is 0 Å². The van der Waals surface area contributed by atoms with Gasteiger partial charge in [0.1, 0.15) is 0 Å². The molecule has 0 fully saturated rings. The molecule has 0 radical (unpaired) electrons. The predicted octanol–water partition coefficient (Wildman–Crippen LogP) is 3.28. The van der Waals surface area contributed by atoms with Crippen LogP contribution in [0.5, 0.6) is 0 Å². The molecule has 13 heavy (non-hydrogen) atoms. The Kier molecular flexibility index (Phi) is 3.66. The number of allylic oxidation sites excluding steroid dienone is 2. The Morgan fingerprint density at radius 3 is 2.62 bits per heavy atom. The monoisotopic (exact) mass is 286 g/mol. The average molecular weight is 286 g/mol. The lowest BCUT2D eigenvalue weighted by molar-refractivity contribution is -0.112. The first-order chi connectivity index (χ1) is 6.09. The van der Waals surface area contributed by atoms with Gasteiger partial charge in [-0.3, -0.25) is 4.79 Å². The van der Waals surface area contributed by atoms with Crippen molar-refractivity contribution in [3.05, 3.63) is 39.5 Å². The zero-order chi connectivity index (χ0) is 9.84. The number of hydrogen-bond acceptors (Lipinski definition) is 1. The minimum absolute atomic E-state index is 0.0939. The van der Waals surface area contributed by atoms with Crippen molar-refractivity contribution < 1.29 is 4.79 Å². The van der Waals surface area contributed by atoms with Crippen molar-refractivity contribution in [3.63, 3.8) is 0 Å². The molecule has 1 aromatic rings. The Morgan fingerprint density at radius 1 is 1.38 bits per heavy atom. The van der Waals surface area contributed by atoms with Crippen LogP contribution in [0.4, 0.5) is 0 Å². The zero-order valence-corrected chi connectivity index (χ0v) is 9.83. The lowest BCUT2D eigenvalue weighted by atomic mass is 10.1. The van der Waals surface area contributed by atoms with Gasteiger partial charge in [0, 0.05) is 3.57 Å². The molecule has 1 aromatic carbocycles. The van der Waals surface area contributed by atoms with E-state index in [1.54, 1.807) is 13.0 Å². The predicted molar refractivity (Wildman–Crippen MR) is 63.5 cm³/mol. The summed E-state index contributed by atoms with van der Waals surface area (Å²) in [6.07, 6.45) is 1.66.